The highest BCUT2D eigenvalue weighted by Gasteiger charge is 2.21. The summed E-state index contributed by atoms with van der Waals surface area (Å²) in [6.45, 7) is 27.1. The molecule has 0 aromatic heterocycles. The van der Waals surface area contributed by atoms with Crippen molar-refractivity contribution in [3.8, 4) is 23.7 Å². The summed E-state index contributed by atoms with van der Waals surface area (Å²) in [5.41, 5.74) is 12.1. The van der Waals surface area contributed by atoms with Crippen LogP contribution in [-0.2, 0) is 21.7 Å². The third-order valence-corrected chi connectivity index (χ3v) is 8.32. The Bertz CT molecular complexity index is 1620. The lowest BCUT2D eigenvalue weighted by molar-refractivity contribution is 0.567. The van der Waals surface area contributed by atoms with Crippen LogP contribution in [0.5, 0.6) is 0 Å². The first-order chi connectivity index (χ1) is 21.3. The van der Waals surface area contributed by atoms with Crippen molar-refractivity contribution < 1.29 is 0 Å². The Hall–Kier alpha value is -4.26. The SMILES string of the molecule is CC(C)(C)c1cc(C#Cc2ccc(/C=C/c3ccc(C#Cc4cc(C(C)(C)C)cc(C(C)(C)C)c4)cc3)cc2)cc(C(C)(C)C)c1. The molecule has 46 heavy (non-hydrogen) atoms. The van der Waals surface area contributed by atoms with Gasteiger partial charge in [0.05, 0.1) is 0 Å². The molecule has 0 heteroatoms. The molecule has 0 nitrogen and oxygen atoms in total. The van der Waals surface area contributed by atoms with Crippen molar-refractivity contribution in [1.29, 1.82) is 0 Å². The van der Waals surface area contributed by atoms with E-state index >= 15 is 0 Å². The molecule has 236 valence electrons. The predicted molar refractivity (Wildman–Crippen MR) is 201 cm³/mol. The van der Waals surface area contributed by atoms with E-state index in [1.54, 1.807) is 0 Å². The van der Waals surface area contributed by atoms with Gasteiger partial charge in [-0.2, -0.15) is 0 Å². The normalized spacial score (nSPS) is 12.3. The molecule has 4 aromatic rings. The van der Waals surface area contributed by atoms with Crippen LogP contribution in [0.4, 0.5) is 0 Å². The monoisotopic (exact) mass is 604 g/mol. The first-order valence-electron chi connectivity index (χ1n) is 16.5. The van der Waals surface area contributed by atoms with Crippen molar-refractivity contribution in [1.82, 2.24) is 0 Å². The van der Waals surface area contributed by atoms with E-state index in [0.717, 1.165) is 33.4 Å². The number of hydrogen-bond acceptors (Lipinski definition) is 0. The van der Waals surface area contributed by atoms with Crippen LogP contribution in [0.2, 0.25) is 0 Å². The Morgan fingerprint density at radius 1 is 0.326 bits per heavy atom. The number of benzene rings is 4. The topological polar surface area (TPSA) is 0 Å². The van der Waals surface area contributed by atoms with Gasteiger partial charge in [0, 0.05) is 22.3 Å². The molecule has 4 aromatic carbocycles. The van der Waals surface area contributed by atoms with E-state index in [9.17, 15) is 0 Å². The third kappa shape index (κ3) is 9.62. The largest absolute Gasteiger partial charge is 0.0617 e. The summed E-state index contributed by atoms with van der Waals surface area (Å²) in [5, 5.41) is 0. The smallest absolute Gasteiger partial charge is 0.0254 e. The first-order valence-corrected chi connectivity index (χ1v) is 16.5. The highest BCUT2D eigenvalue weighted by molar-refractivity contribution is 5.70. The highest BCUT2D eigenvalue weighted by Crippen LogP contribution is 2.31. The molecule has 0 amide bonds. The molecule has 0 unspecified atom stereocenters. The second kappa shape index (κ2) is 13.2. The van der Waals surface area contributed by atoms with Crippen LogP contribution in [-0.4, -0.2) is 0 Å². The van der Waals surface area contributed by atoms with Crippen molar-refractivity contribution in [2.75, 3.05) is 0 Å². The molecule has 0 aliphatic carbocycles. The maximum Gasteiger partial charge on any atom is 0.0254 e. The molecule has 0 fully saturated rings. The van der Waals surface area contributed by atoms with Crippen LogP contribution in [0.1, 0.15) is 139 Å². The van der Waals surface area contributed by atoms with Gasteiger partial charge in [-0.1, -0.05) is 155 Å². The molecule has 0 atom stereocenters. The zero-order valence-electron chi connectivity index (χ0n) is 30.2. The molecule has 0 aliphatic heterocycles. The molecule has 4 rings (SSSR count). The van der Waals surface area contributed by atoms with E-state index in [4.69, 9.17) is 0 Å². The molecule has 0 heterocycles. The van der Waals surface area contributed by atoms with Crippen LogP contribution in [0.15, 0.2) is 84.9 Å². The average molecular weight is 605 g/mol. The highest BCUT2D eigenvalue weighted by atomic mass is 14.3. The Labute approximate surface area is 280 Å². The summed E-state index contributed by atoms with van der Waals surface area (Å²) in [6, 6.07) is 30.5. The van der Waals surface area contributed by atoms with E-state index in [1.165, 1.54) is 22.3 Å². The van der Waals surface area contributed by atoms with Crippen LogP contribution in [0.3, 0.4) is 0 Å². The van der Waals surface area contributed by atoms with Crippen molar-refractivity contribution in [3.05, 3.63) is 141 Å². The average Bonchev–Trinajstić information content (AvgIpc) is 2.97. The molecule has 0 aliphatic rings. The minimum absolute atomic E-state index is 0.0779. The summed E-state index contributed by atoms with van der Waals surface area (Å²) < 4.78 is 0. The quantitative estimate of drug-likeness (QED) is 0.158. The van der Waals surface area contributed by atoms with Crippen molar-refractivity contribution in [3.63, 3.8) is 0 Å². The van der Waals surface area contributed by atoms with Crippen molar-refractivity contribution in [2.24, 2.45) is 0 Å². The fourth-order valence-electron chi connectivity index (χ4n) is 4.97. The van der Waals surface area contributed by atoms with Crippen LogP contribution < -0.4 is 0 Å². The second-order valence-corrected chi connectivity index (χ2v) is 16.7. The van der Waals surface area contributed by atoms with Gasteiger partial charge in [0.2, 0.25) is 0 Å². The summed E-state index contributed by atoms with van der Waals surface area (Å²) in [6.07, 6.45) is 4.29. The maximum atomic E-state index is 3.43. The standard InChI is InChI=1S/C46H52/c1-43(2,3)39-27-37(28-40(31-39)44(4,5)6)25-23-35-19-15-33(16-20-35)13-14-34-17-21-36(22-18-34)24-26-38-29-41(45(7,8)9)32-42(30-38)46(10,11)12/h13-22,27-32H,1-12H3/b14-13+. The maximum absolute atomic E-state index is 3.43. The summed E-state index contributed by atoms with van der Waals surface area (Å²) in [5.74, 6) is 13.6. The third-order valence-electron chi connectivity index (χ3n) is 8.32. The lowest BCUT2D eigenvalue weighted by Crippen LogP contribution is -2.16. The van der Waals surface area contributed by atoms with E-state index < -0.39 is 0 Å². The van der Waals surface area contributed by atoms with Crippen molar-refractivity contribution >= 4 is 12.2 Å². The summed E-state index contributed by atoms with van der Waals surface area (Å²) >= 11 is 0. The minimum atomic E-state index is 0.0779. The predicted octanol–water partition coefficient (Wildman–Crippen LogP) is 11.8. The molecule has 0 bridgehead atoms. The number of rotatable bonds is 2. The minimum Gasteiger partial charge on any atom is -0.0617 e. The molecule has 0 saturated carbocycles. The van der Waals surface area contributed by atoms with Crippen LogP contribution >= 0.6 is 0 Å². The molecule has 0 N–H and O–H groups in total. The lowest BCUT2D eigenvalue weighted by Gasteiger charge is -2.25. The summed E-state index contributed by atoms with van der Waals surface area (Å²) in [4.78, 5) is 0. The van der Waals surface area contributed by atoms with E-state index in [1.807, 2.05) is 0 Å². The Morgan fingerprint density at radius 3 is 0.804 bits per heavy atom. The van der Waals surface area contributed by atoms with Crippen molar-refractivity contribution in [2.45, 2.75) is 105 Å². The van der Waals surface area contributed by atoms with Gasteiger partial charge < -0.3 is 0 Å². The fourth-order valence-corrected chi connectivity index (χ4v) is 4.97. The van der Waals surface area contributed by atoms with Gasteiger partial charge in [0.1, 0.15) is 0 Å². The van der Waals surface area contributed by atoms with Gasteiger partial charge in [-0.15, -0.1) is 0 Å². The van der Waals surface area contributed by atoms with E-state index in [-0.39, 0.29) is 21.7 Å². The van der Waals surface area contributed by atoms with Gasteiger partial charge in [0.25, 0.3) is 0 Å². The molecular weight excluding hydrogens is 553 g/mol. The molecular formula is C46H52. The van der Waals surface area contributed by atoms with Gasteiger partial charge in [0.15, 0.2) is 0 Å². The number of hydrogen-bond donors (Lipinski definition) is 0. The molecule has 0 saturated heterocycles. The van der Waals surface area contributed by atoms with Gasteiger partial charge in [-0.3, -0.25) is 0 Å². The van der Waals surface area contributed by atoms with Gasteiger partial charge in [-0.05, 0) is 104 Å². The molecule has 0 radical (unpaired) electrons. The molecule has 0 spiro atoms. The van der Waals surface area contributed by atoms with Gasteiger partial charge in [-0.25, -0.2) is 0 Å². The Balaban J connectivity index is 1.47. The first kappa shape index (κ1) is 34.6. The fraction of sp³-hybridized carbons (Fsp3) is 0.348. The lowest BCUT2D eigenvalue weighted by atomic mass is 9.79. The zero-order chi connectivity index (χ0) is 33.9. The summed E-state index contributed by atoms with van der Waals surface area (Å²) in [7, 11) is 0. The Kier molecular flexibility index (Phi) is 9.95. The van der Waals surface area contributed by atoms with E-state index in [2.05, 4.69) is 204 Å². The van der Waals surface area contributed by atoms with Crippen LogP contribution in [0, 0.1) is 23.7 Å². The van der Waals surface area contributed by atoms with Gasteiger partial charge >= 0.3 is 0 Å². The van der Waals surface area contributed by atoms with E-state index in [0.29, 0.717) is 0 Å². The Morgan fingerprint density at radius 2 is 0.565 bits per heavy atom. The zero-order valence-corrected chi connectivity index (χ0v) is 30.2. The second-order valence-electron chi connectivity index (χ2n) is 16.7. The van der Waals surface area contributed by atoms with Crippen LogP contribution in [0.25, 0.3) is 12.2 Å².